The Bertz CT molecular complexity index is 911. The third-order valence-corrected chi connectivity index (χ3v) is 3.83. The second kappa shape index (κ2) is 6.44. The Kier molecular flexibility index (Phi) is 3.98. The summed E-state index contributed by atoms with van der Waals surface area (Å²) in [6, 6.07) is 8.86. The summed E-state index contributed by atoms with van der Waals surface area (Å²) in [5.41, 5.74) is 1.24. The molecule has 1 atom stereocenters. The number of aromatic nitrogens is 4. The standard InChI is InChI=1S/C16H15FN6O2/c17-11-3-1-10(2-4-11)15-21-20-14-6-5-13(22-23(14)15)19-12-9-25-8-7-18-16(12)24/h1-6,12H,7-9H2,(H,18,24)(H,19,22). The summed E-state index contributed by atoms with van der Waals surface area (Å²) in [7, 11) is 0. The lowest BCUT2D eigenvalue weighted by Crippen LogP contribution is -2.40. The molecule has 2 aromatic heterocycles. The Morgan fingerprint density at radius 3 is 2.88 bits per heavy atom. The van der Waals surface area contributed by atoms with Crippen LogP contribution in [-0.2, 0) is 9.53 Å². The van der Waals surface area contributed by atoms with E-state index < -0.39 is 6.04 Å². The molecule has 1 saturated heterocycles. The zero-order valence-electron chi connectivity index (χ0n) is 13.1. The van der Waals surface area contributed by atoms with Gasteiger partial charge < -0.3 is 15.4 Å². The maximum absolute atomic E-state index is 13.1. The third kappa shape index (κ3) is 3.13. The van der Waals surface area contributed by atoms with E-state index in [0.717, 1.165) is 0 Å². The number of anilines is 1. The Balaban J connectivity index is 1.66. The first-order valence-corrected chi connectivity index (χ1v) is 7.81. The first kappa shape index (κ1) is 15.5. The highest BCUT2D eigenvalue weighted by atomic mass is 19.1. The van der Waals surface area contributed by atoms with Gasteiger partial charge in [0.25, 0.3) is 0 Å². The molecule has 1 aliphatic heterocycles. The predicted molar refractivity (Wildman–Crippen MR) is 87.4 cm³/mol. The zero-order valence-corrected chi connectivity index (χ0v) is 13.1. The van der Waals surface area contributed by atoms with Crippen LogP contribution in [0.5, 0.6) is 0 Å². The molecular weight excluding hydrogens is 327 g/mol. The van der Waals surface area contributed by atoms with E-state index in [1.54, 1.807) is 28.8 Å². The fourth-order valence-corrected chi connectivity index (χ4v) is 2.58. The topological polar surface area (TPSA) is 93.4 Å². The maximum atomic E-state index is 13.1. The number of fused-ring (bicyclic) bond motifs is 1. The Labute approximate surface area is 142 Å². The van der Waals surface area contributed by atoms with Crippen molar-refractivity contribution in [3.05, 3.63) is 42.2 Å². The molecule has 0 aliphatic carbocycles. The van der Waals surface area contributed by atoms with Gasteiger partial charge in [0.05, 0.1) is 13.2 Å². The number of nitrogens with one attached hydrogen (secondary N) is 2. The summed E-state index contributed by atoms with van der Waals surface area (Å²) in [4.78, 5) is 12.0. The van der Waals surface area contributed by atoms with Crippen molar-refractivity contribution < 1.29 is 13.9 Å². The number of hydrogen-bond donors (Lipinski definition) is 2. The third-order valence-electron chi connectivity index (χ3n) is 3.83. The minimum atomic E-state index is -0.529. The number of hydrogen-bond acceptors (Lipinski definition) is 6. The zero-order chi connectivity index (χ0) is 17.2. The van der Waals surface area contributed by atoms with Crippen molar-refractivity contribution in [3.8, 4) is 11.4 Å². The largest absolute Gasteiger partial charge is 0.377 e. The van der Waals surface area contributed by atoms with Crippen molar-refractivity contribution in [2.24, 2.45) is 0 Å². The van der Waals surface area contributed by atoms with Gasteiger partial charge >= 0.3 is 0 Å². The van der Waals surface area contributed by atoms with Crippen LogP contribution in [0.4, 0.5) is 10.2 Å². The highest BCUT2D eigenvalue weighted by Crippen LogP contribution is 2.19. The fraction of sp³-hybridized carbons (Fsp3) is 0.250. The molecule has 1 amide bonds. The second-order valence-corrected chi connectivity index (χ2v) is 5.58. The molecule has 8 nitrogen and oxygen atoms in total. The van der Waals surface area contributed by atoms with Crippen LogP contribution in [0.25, 0.3) is 17.0 Å². The number of rotatable bonds is 3. The van der Waals surface area contributed by atoms with Gasteiger partial charge in [0.2, 0.25) is 5.91 Å². The molecule has 2 N–H and O–H groups in total. The summed E-state index contributed by atoms with van der Waals surface area (Å²) in [5.74, 6) is 0.510. The molecule has 9 heteroatoms. The van der Waals surface area contributed by atoms with E-state index in [4.69, 9.17) is 4.74 Å². The van der Waals surface area contributed by atoms with Gasteiger partial charge in [0, 0.05) is 12.1 Å². The summed E-state index contributed by atoms with van der Waals surface area (Å²) in [6.45, 7) is 1.23. The van der Waals surface area contributed by atoms with Crippen LogP contribution < -0.4 is 10.6 Å². The highest BCUT2D eigenvalue weighted by Gasteiger charge is 2.21. The Morgan fingerprint density at radius 1 is 1.20 bits per heavy atom. The molecular formula is C16H15FN6O2. The van der Waals surface area contributed by atoms with Gasteiger partial charge in [-0.05, 0) is 36.4 Å². The van der Waals surface area contributed by atoms with Crippen LogP contribution in [0.15, 0.2) is 36.4 Å². The van der Waals surface area contributed by atoms with Crippen LogP contribution in [-0.4, -0.2) is 51.5 Å². The maximum Gasteiger partial charge on any atom is 0.245 e. The molecule has 1 aliphatic rings. The smallest absolute Gasteiger partial charge is 0.245 e. The molecule has 3 aromatic rings. The average Bonchev–Trinajstić information content (AvgIpc) is 2.93. The van der Waals surface area contributed by atoms with Crippen LogP contribution >= 0.6 is 0 Å². The van der Waals surface area contributed by atoms with Crippen molar-refractivity contribution in [1.82, 2.24) is 25.1 Å². The van der Waals surface area contributed by atoms with Crippen LogP contribution in [0.2, 0.25) is 0 Å². The van der Waals surface area contributed by atoms with Crippen molar-refractivity contribution in [2.75, 3.05) is 25.1 Å². The number of ether oxygens (including phenoxy) is 1. The number of amides is 1. The van der Waals surface area contributed by atoms with Crippen LogP contribution in [0.3, 0.4) is 0 Å². The molecule has 25 heavy (non-hydrogen) atoms. The lowest BCUT2D eigenvalue weighted by Gasteiger charge is -2.15. The molecule has 0 radical (unpaired) electrons. The lowest BCUT2D eigenvalue weighted by molar-refractivity contribution is -0.121. The molecule has 3 heterocycles. The quantitative estimate of drug-likeness (QED) is 0.733. The van der Waals surface area contributed by atoms with Gasteiger partial charge in [-0.2, -0.15) is 4.52 Å². The van der Waals surface area contributed by atoms with Crippen molar-refractivity contribution in [2.45, 2.75) is 6.04 Å². The predicted octanol–water partition coefficient (Wildman–Crippen LogP) is 0.857. The van der Waals surface area contributed by atoms with Crippen molar-refractivity contribution in [1.29, 1.82) is 0 Å². The van der Waals surface area contributed by atoms with E-state index >= 15 is 0 Å². The van der Waals surface area contributed by atoms with E-state index in [0.29, 0.717) is 36.0 Å². The normalized spacial score (nSPS) is 18.0. The van der Waals surface area contributed by atoms with Crippen molar-refractivity contribution in [3.63, 3.8) is 0 Å². The summed E-state index contributed by atoms with van der Waals surface area (Å²) < 4.78 is 20.1. The van der Waals surface area contributed by atoms with Gasteiger partial charge in [-0.1, -0.05) is 0 Å². The van der Waals surface area contributed by atoms with Crippen molar-refractivity contribution >= 4 is 17.4 Å². The minimum Gasteiger partial charge on any atom is -0.377 e. The molecule has 0 saturated carbocycles. The van der Waals surface area contributed by atoms with Gasteiger partial charge in [-0.3, -0.25) is 4.79 Å². The fourth-order valence-electron chi connectivity index (χ4n) is 2.58. The molecule has 4 rings (SSSR count). The Morgan fingerprint density at radius 2 is 2.04 bits per heavy atom. The summed E-state index contributed by atoms with van der Waals surface area (Å²) >= 11 is 0. The molecule has 128 valence electrons. The molecule has 1 aromatic carbocycles. The number of halogens is 1. The van der Waals surface area contributed by atoms with E-state index in [1.807, 2.05) is 0 Å². The molecule has 0 bridgehead atoms. The highest BCUT2D eigenvalue weighted by molar-refractivity contribution is 5.84. The van der Waals surface area contributed by atoms with Gasteiger partial charge in [0.1, 0.15) is 17.7 Å². The number of carbonyl (C=O) groups is 1. The molecule has 1 unspecified atom stereocenters. The first-order valence-electron chi connectivity index (χ1n) is 7.81. The van der Waals surface area contributed by atoms with E-state index in [1.165, 1.54) is 12.1 Å². The molecule has 1 fully saturated rings. The minimum absolute atomic E-state index is 0.137. The van der Waals surface area contributed by atoms with E-state index in [2.05, 4.69) is 25.9 Å². The van der Waals surface area contributed by atoms with Gasteiger partial charge in [-0.25, -0.2) is 4.39 Å². The van der Waals surface area contributed by atoms with Crippen LogP contribution in [0.1, 0.15) is 0 Å². The van der Waals surface area contributed by atoms with Gasteiger partial charge in [-0.15, -0.1) is 15.3 Å². The molecule has 0 spiro atoms. The SMILES string of the molecule is O=C1NCCOCC1Nc1ccc2nnc(-c3ccc(F)cc3)n2n1. The number of nitrogens with zero attached hydrogens (tertiary/aromatic N) is 4. The van der Waals surface area contributed by atoms with Crippen LogP contribution in [0, 0.1) is 5.82 Å². The monoisotopic (exact) mass is 342 g/mol. The number of benzene rings is 1. The summed E-state index contributed by atoms with van der Waals surface area (Å²) in [6.07, 6.45) is 0. The average molecular weight is 342 g/mol. The Hall–Kier alpha value is -3.07. The van der Waals surface area contributed by atoms with E-state index in [9.17, 15) is 9.18 Å². The second-order valence-electron chi connectivity index (χ2n) is 5.58. The summed E-state index contributed by atoms with van der Waals surface area (Å²) in [5, 5.41) is 18.4. The number of carbonyl (C=O) groups excluding carboxylic acids is 1. The lowest BCUT2D eigenvalue weighted by atomic mass is 10.2. The van der Waals surface area contributed by atoms with E-state index in [-0.39, 0.29) is 18.3 Å². The first-order chi connectivity index (χ1) is 12.2. The van der Waals surface area contributed by atoms with Gasteiger partial charge in [0.15, 0.2) is 11.5 Å².